The summed E-state index contributed by atoms with van der Waals surface area (Å²) in [4.78, 5) is 0. The van der Waals surface area contributed by atoms with Gasteiger partial charge in [-0.05, 0) is 18.8 Å². The lowest BCUT2D eigenvalue weighted by atomic mass is 9.61. The van der Waals surface area contributed by atoms with Crippen LogP contribution in [-0.2, 0) is 4.74 Å². The Balaban J connectivity index is 2.02. The summed E-state index contributed by atoms with van der Waals surface area (Å²) in [5.74, 6) is 0.849. The van der Waals surface area contributed by atoms with Crippen molar-refractivity contribution in [1.82, 2.24) is 0 Å². The fourth-order valence-corrected chi connectivity index (χ4v) is 2.07. The number of hydrogen-bond acceptors (Lipinski definition) is 2. The second-order valence-corrected chi connectivity index (χ2v) is 3.49. The van der Waals surface area contributed by atoms with Crippen molar-refractivity contribution in [2.24, 2.45) is 17.1 Å². The summed E-state index contributed by atoms with van der Waals surface area (Å²) >= 11 is 0. The van der Waals surface area contributed by atoms with Gasteiger partial charge in [-0.1, -0.05) is 0 Å². The molecule has 2 bridgehead atoms. The Morgan fingerprint density at radius 2 is 2.33 bits per heavy atom. The van der Waals surface area contributed by atoms with E-state index in [-0.39, 0.29) is 0 Å². The van der Waals surface area contributed by atoms with Crippen LogP contribution in [0.1, 0.15) is 12.8 Å². The summed E-state index contributed by atoms with van der Waals surface area (Å²) < 4.78 is 5.35. The molecule has 2 nitrogen and oxygen atoms in total. The quantitative estimate of drug-likeness (QED) is 0.552. The lowest BCUT2D eigenvalue weighted by Gasteiger charge is -2.51. The highest BCUT2D eigenvalue weighted by Crippen LogP contribution is 2.48. The molecule has 2 heteroatoms. The first-order chi connectivity index (χ1) is 4.35. The van der Waals surface area contributed by atoms with Crippen molar-refractivity contribution < 1.29 is 4.74 Å². The maximum absolute atomic E-state index is 5.60. The van der Waals surface area contributed by atoms with Gasteiger partial charge in [0, 0.05) is 18.6 Å². The molecule has 9 heavy (non-hydrogen) atoms. The van der Waals surface area contributed by atoms with E-state index >= 15 is 0 Å². The Bertz CT molecular complexity index is 113. The zero-order valence-electron chi connectivity index (χ0n) is 5.60. The van der Waals surface area contributed by atoms with E-state index in [0.29, 0.717) is 5.41 Å². The highest BCUT2D eigenvalue weighted by atomic mass is 16.5. The van der Waals surface area contributed by atoms with Crippen molar-refractivity contribution in [2.45, 2.75) is 12.8 Å². The molecule has 3 rings (SSSR count). The maximum Gasteiger partial charge on any atom is 0.0534 e. The first kappa shape index (κ1) is 5.69. The minimum Gasteiger partial charge on any atom is -0.381 e. The van der Waals surface area contributed by atoms with Gasteiger partial charge in [0.1, 0.15) is 0 Å². The minimum atomic E-state index is 0.420. The first-order valence-electron chi connectivity index (χ1n) is 3.62. The highest BCUT2D eigenvalue weighted by Gasteiger charge is 2.46. The Morgan fingerprint density at radius 3 is 2.67 bits per heavy atom. The lowest BCUT2D eigenvalue weighted by molar-refractivity contribution is -0.125. The lowest BCUT2D eigenvalue weighted by Crippen LogP contribution is -2.52. The van der Waals surface area contributed by atoms with Crippen LogP contribution in [0.15, 0.2) is 0 Å². The zero-order valence-corrected chi connectivity index (χ0v) is 5.60. The fourth-order valence-electron chi connectivity index (χ4n) is 2.07. The van der Waals surface area contributed by atoms with E-state index in [1.165, 1.54) is 12.8 Å². The van der Waals surface area contributed by atoms with E-state index in [1.807, 2.05) is 0 Å². The molecule has 0 unspecified atom stereocenters. The maximum atomic E-state index is 5.60. The molecular weight excluding hydrogens is 114 g/mol. The van der Waals surface area contributed by atoms with Crippen LogP contribution < -0.4 is 5.73 Å². The molecule has 0 aromatic rings. The van der Waals surface area contributed by atoms with E-state index in [0.717, 1.165) is 25.7 Å². The molecule has 52 valence electrons. The summed E-state index contributed by atoms with van der Waals surface area (Å²) in [5.41, 5.74) is 6.01. The summed E-state index contributed by atoms with van der Waals surface area (Å²) in [6.45, 7) is 2.73. The third-order valence-corrected chi connectivity index (χ3v) is 2.64. The third kappa shape index (κ3) is 0.700. The van der Waals surface area contributed by atoms with Crippen LogP contribution in [0.5, 0.6) is 0 Å². The molecule has 3 fully saturated rings. The van der Waals surface area contributed by atoms with Crippen LogP contribution in [0, 0.1) is 11.3 Å². The Labute approximate surface area is 55.4 Å². The zero-order chi connectivity index (χ0) is 6.32. The monoisotopic (exact) mass is 127 g/mol. The molecule has 3 aliphatic rings. The van der Waals surface area contributed by atoms with Crippen molar-refractivity contribution in [1.29, 1.82) is 0 Å². The average Bonchev–Trinajstić information content (AvgIpc) is 1.88. The minimum absolute atomic E-state index is 0.420. The fraction of sp³-hybridized carbons (Fsp3) is 1.00. The van der Waals surface area contributed by atoms with Crippen LogP contribution in [0.2, 0.25) is 0 Å². The van der Waals surface area contributed by atoms with Crippen molar-refractivity contribution in [3.63, 3.8) is 0 Å². The van der Waals surface area contributed by atoms with Gasteiger partial charge in [0.15, 0.2) is 0 Å². The number of fused-ring (bicyclic) bond motifs is 2. The number of nitrogens with two attached hydrogens (primary N) is 1. The van der Waals surface area contributed by atoms with E-state index in [4.69, 9.17) is 10.5 Å². The van der Waals surface area contributed by atoms with E-state index in [2.05, 4.69) is 0 Å². The summed E-state index contributed by atoms with van der Waals surface area (Å²) in [6, 6.07) is 0. The van der Waals surface area contributed by atoms with E-state index in [1.54, 1.807) is 0 Å². The molecule has 1 aliphatic carbocycles. The Kier molecular flexibility index (Phi) is 1.08. The van der Waals surface area contributed by atoms with Gasteiger partial charge < -0.3 is 10.5 Å². The molecule has 0 aromatic carbocycles. The van der Waals surface area contributed by atoms with E-state index < -0.39 is 0 Å². The normalized spacial score (nSPS) is 48.3. The van der Waals surface area contributed by atoms with E-state index in [9.17, 15) is 0 Å². The predicted octanol–water partition coefficient (Wildman–Crippen LogP) is 0.372. The van der Waals surface area contributed by atoms with Crippen LogP contribution in [-0.4, -0.2) is 19.8 Å². The number of rotatable bonds is 1. The first-order valence-corrected chi connectivity index (χ1v) is 3.62. The molecule has 0 amide bonds. The van der Waals surface area contributed by atoms with Gasteiger partial charge in [0.05, 0.1) is 6.61 Å². The topological polar surface area (TPSA) is 35.2 Å². The Hall–Kier alpha value is -0.0800. The molecule has 2 aliphatic heterocycles. The number of hydrogen-bond donors (Lipinski definition) is 1. The third-order valence-electron chi connectivity index (χ3n) is 2.64. The van der Waals surface area contributed by atoms with Crippen LogP contribution in [0.3, 0.4) is 0 Å². The van der Waals surface area contributed by atoms with Crippen molar-refractivity contribution in [3.05, 3.63) is 0 Å². The largest absolute Gasteiger partial charge is 0.381 e. The predicted molar refractivity (Wildman–Crippen MR) is 35.0 cm³/mol. The van der Waals surface area contributed by atoms with Gasteiger partial charge in [0.25, 0.3) is 0 Å². The molecule has 1 saturated carbocycles. The summed E-state index contributed by atoms with van der Waals surface area (Å²) in [5, 5.41) is 0. The summed E-state index contributed by atoms with van der Waals surface area (Å²) in [7, 11) is 0. The van der Waals surface area contributed by atoms with Gasteiger partial charge in [-0.3, -0.25) is 0 Å². The van der Waals surface area contributed by atoms with Crippen LogP contribution >= 0.6 is 0 Å². The SMILES string of the molecule is NCC12COCC(C1)C2. The van der Waals surface area contributed by atoms with Gasteiger partial charge in [0.2, 0.25) is 0 Å². The smallest absolute Gasteiger partial charge is 0.0534 e. The average molecular weight is 127 g/mol. The standard InChI is InChI=1S/C7H13NO/c8-4-7-1-6(2-7)3-9-5-7/h6H,1-5,8H2. The van der Waals surface area contributed by atoms with Gasteiger partial charge >= 0.3 is 0 Å². The highest BCUT2D eigenvalue weighted by molar-refractivity contribution is 4.97. The van der Waals surface area contributed by atoms with Crippen LogP contribution in [0.25, 0.3) is 0 Å². The second kappa shape index (κ2) is 1.70. The van der Waals surface area contributed by atoms with Gasteiger partial charge in [-0.15, -0.1) is 0 Å². The van der Waals surface area contributed by atoms with Crippen molar-refractivity contribution in [2.75, 3.05) is 19.8 Å². The number of ether oxygens (including phenoxy) is 1. The van der Waals surface area contributed by atoms with Crippen molar-refractivity contribution in [3.8, 4) is 0 Å². The summed E-state index contributed by atoms with van der Waals surface area (Å²) in [6.07, 6.45) is 2.65. The molecular formula is C7H13NO. The molecule has 0 spiro atoms. The molecule has 0 atom stereocenters. The molecule has 2 N–H and O–H groups in total. The van der Waals surface area contributed by atoms with Crippen molar-refractivity contribution >= 4 is 0 Å². The molecule has 2 heterocycles. The van der Waals surface area contributed by atoms with Gasteiger partial charge in [-0.2, -0.15) is 0 Å². The second-order valence-electron chi connectivity index (χ2n) is 3.49. The Morgan fingerprint density at radius 1 is 1.56 bits per heavy atom. The molecule has 0 radical (unpaired) electrons. The van der Waals surface area contributed by atoms with Crippen LogP contribution in [0.4, 0.5) is 0 Å². The molecule has 2 saturated heterocycles. The molecule has 0 aromatic heterocycles. The van der Waals surface area contributed by atoms with Gasteiger partial charge in [-0.25, -0.2) is 0 Å².